The van der Waals surface area contributed by atoms with Crippen molar-refractivity contribution < 1.29 is 59.4 Å². The van der Waals surface area contributed by atoms with Crippen molar-refractivity contribution in [3.63, 3.8) is 0 Å². The van der Waals surface area contributed by atoms with E-state index in [-0.39, 0.29) is 42.6 Å². The number of carbonyl (C=O) groups excluding carboxylic acids is 4. The van der Waals surface area contributed by atoms with Crippen LogP contribution in [-0.4, -0.2) is 102 Å². The maximum Gasteiger partial charge on any atom is 0.408 e. The Labute approximate surface area is 387 Å². The molecule has 2 aromatic carbocycles. The number of halogens is 4. The smallest absolute Gasteiger partial charge is 0.408 e. The minimum Gasteiger partial charge on any atom is -0.497 e. The molecule has 1 aromatic heterocycles. The summed E-state index contributed by atoms with van der Waals surface area (Å²) in [5.74, 6) is -9.85. The number of fused-ring (bicyclic) bond motifs is 5. The highest BCUT2D eigenvalue weighted by atomic mass is 32.2. The number of aryl methyl sites for hydroxylation is 1. The number of methoxy groups -OCH3 is 1. The van der Waals surface area contributed by atoms with E-state index in [2.05, 4.69) is 39.7 Å². The SMILES string of the molecule is CC[C@@H]1[C@@H]2CN(C(=O)[C@H](C(C)(C)C)NC(=O)O[C@@H]3C[C@H]3CCCCC(F)(F)c3nc4ccc(OC)cc4nc3O2)[C@@H]1C(=O)N[C@]1(C(=O)NS(=O)(=O)C2(C)CC2)C[C@H]1C(F)F.Cc1ccccc1. The number of benzene rings is 2. The Bertz CT molecular complexity index is 2470. The van der Waals surface area contributed by atoms with E-state index in [1.54, 1.807) is 33.8 Å². The summed E-state index contributed by atoms with van der Waals surface area (Å²) in [4.78, 5) is 66.3. The van der Waals surface area contributed by atoms with Crippen LogP contribution in [0.3, 0.4) is 0 Å². The third-order valence-electron chi connectivity index (χ3n) is 13.7. The highest BCUT2D eigenvalue weighted by Crippen LogP contribution is 2.50. The number of alkyl halides is 4. The molecular formula is C47H60F4N6O9S. The lowest BCUT2D eigenvalue weighted by molar-refractivity contribution is -0.144. The van der Waals surface area contributed by atoms with Gasteiger partial charge in [0.15, 0.2) is 5.69 Å². The van der Waals surface area contributed by atoms with Crippen LogP contribution in [0.5, 0.6) is 11.6 Å². The molecule has 1 saturated heterocycles. The Kier molecular flexibility index (Phi) is 13.8. The zero-order valence-corrected chi connectivity index (χ0v) is 39.6. The standard InChI is InChI=1S/C40H52F4N6O9S.C7H8/c1-7-22-27-19-50(28(22)32(51)48-39(18-23(39)31(41)42)35(53)49-60(55,56)38(5)14-15-38)34(52)30(37(2,3)4)47-36(54)59-26-16-20(26)10-8-9-13-40(43,44)29-33(58-27)46-25-17-21(57-6)11-12-24(25)45-29;1-7-5-3-2-4-6-7/h11-12,17,20,22-23,26-28,30-31H,7-10,13-16,18-19H2,1-6H3,(H,47,54)(H,48,51)(H,49,53);2-6H,1H3/t20-,22-,23+,26-,27+,28+,30-,39-;/m1./s1. The third-order valence-corrected chi connectivity index (χ3v) is 15.9. The zero-order chi connectivity index (χ0) is 48.9. The van der Waals surface area contributed by atoms with Crippen LogP contribution in [0.25, 0.3) is 11.0 Å². The summed E-state index contributed by atoms with van der Waals surface area (Å²) >= 11 is 0. The molecule has 0 unspecified atom stereocenters. The van der Waals surface area contributed by atoms with Crippen molar-refractivity contribution in [3.05, 3.63) is 59.8 Å². The highest BCUT2D eigenvalue weighted by molar-refractivity contribution is 7.91. The Morgan fingerprint density at radius 3 is 2.28 bits per heavy atom. The number of carbonyl (C=O) groups is 4. The van der Waals surface area contributed by atoms with Gasteiger partial charge in [-0.25, -0.2) is 32.0 Å². The zero-order valence-electron chi connectivity index (χ0n) is 38.7. The number of nitrogens with one attached hydrogen (secondary N) is 3. The van der Waals surface area contributed by atoms with Gasteiger partial charge in [-0.2, -0.15) is 8.78 Å². The van der Waals surface area contributed by atoms with Gasteiger partial charge in [0, 0.05) is 18.4 Å². The molecule has 8 rings (SSSR count). The summed E-state index contributed by atoms with van der Waals surface area (Å²) < 4.78 is 105. The van der Waals surface area contributed by atoms with Gasteiger partial charge in [0.2, 0.25) is 34.1 Å². The van der Waals surface area contributed by atoms with Crippen molar-refractivity contribution in [1.29, 1.82) is 0 Å². The molecule has 8 atom stereocenters. The number of ether oxygens (including phenoxy) is 3. The molecule has 0 radical (unpaired) electrons. The predicted molar refractivity (Wildman–Crippen MR) is 238 cm³/mol. The van der Waals surface area contributed by atoms with Crippen molar-refractivity contribution in [1.82, 2.24) is 30.2 Å². The van der Waals surface area contributed by atoms with Crippen LogP contribution in [0, 0.1) is 30.1 Å². The molecule has 5 aliphatic rings. The fourth-order valence-corrected chi connectivity index (χ4v) is 10.3. The summed E-state index contributed by atoms with van der Waals surface area (Å²) in [5.41, 5.74) is -2.51. The van der Waals surface area contributed by atoms with Crippen molar-refractivity contribution in [2.75, 3.05) is 13.7 Å². The summed E-state index contributed by atoms with van der Waals surface area (Å²) in [6, 6.07) is 11.8. The molecule has 15 nitrogen and oxygen atoms in total. The van der Waals surface area contributed by atoms with E-state index in [0.717, 1.165) is 4.90 Å². The maximum atomic E-state index is 16.3. The molecule has 0 spiro atoms. The number of alkyl carbamates (subject to hydrolysis) is 1. The van der Waals surface area contributed by atoms with Crippen molar-refractivity contribution in [3.8, 4) is 11.6 Å². The van der Waals surface area contributed by atoms with E-state index in [9.17, 15) is 36.4 Å². The minimum absolute atomic E-state index is 0.0516. The average Bonchev–Trinajstić information content (AvgIpc) is 4.22. The van der Waals surface area contributed by atoms with Gasteiger partial charge in [0.1, 0.15) is 35.6 Å². The Balaban J connectivity index is 0.000000871. The molecule has 366 valence electrons. The van der Waals surface area contributed by atoms with E-state index >= 15 is 8.78 Å². The summed E-state index contributed by atoms with van der Waals surface area (Å²) in [6.45, 7) is 9.71. The first-order chi connectivity index (χ1) is 31.4. The number of nitrogens with zero attached hydrogens (tertiary/aromatic N) is 3. The molecule has 3 aliphatic carbocycles. The van der Waals surface area contributed by atoms with Crippen LogP contribution in [0.4, 0.5) is 22.4 Å². The molecule has 3 N–H and O–H groups in total. The number of amides is 4. The second kappa shape index (κ2) is 18.7. The fraction of sp³-hybridized carbons (Fsp3) is 0.617. The first kappa shape index (κ1) is 49.6. The topological polar surface area (TPSA) is 195 Å². The van der Waals surface area contributed by atoms with Crippen LogP contribution in [0.15, 0.2) is 48.5 Å². The molecule has 2 aliphatic heterocycles. The highest BCUT2D eigenvalue weighted by Gasteiger charge is 2.68. The van der Waals surface area contributed by atoms with Gasteiger partial charge in [-0.1, -0.05) is 70.0 Å². The summed E-state index contributed by atoms with van der Waals surface area (Å²) in [7, 11) is -2.89. The van der Waals surface area contributed by atoms with Crippen molar-refractivity contribution in [2.45, 2.75) is 146 Å². The van der Waals surface area contributed by atoms with Crippen LogP contribution >= 0.6 is 0 Å². The quantitative estimate of drug-likeness (QED) is 0.198. The maximum absolute atomic E-state index is 16.3. The number of rotatable bonds is 8. The molecule has 3 heterocycles. The number of sulfonamides is 1. The number of hydrogen-bond acceptors (Lipinski definition) is 11. The van der Waals surface area contributed by atoms with Gasteiger partial charge in [-0.15, -0.1) is 0 Å². The van der Waals surface area contributed by atoms with Crippen LogP contribution in [-0.2, 0) is 35.1 Å². The number of hydrogen-bond donors (Lipinski definition) is 3. The molecular weight excluding hydrogens is 901 g/mol. The molecule has 3 saturated carbocycles. The first-order valence-electron chi connectivity index (χ1n) is 22.8. The Morgan fingerprint density at radius 2 is 1.70 bits per heavy atom. The largest absolute Gasteiger partial charge is 0.497 e. The van der Waals surface area contributed by atoms with Crippen LogP contribution in [0.1, 0.15) is 104 Å². The Morgan fingerprint density at radius 1 is 1.00 bits per heavy atom. The van der Waals surface area contributed by atoms with Gasteiger partial charge in [-0.05, 0) is 82.3 Å². The first-order valence-corrected chi connectivity index (χ1v) is 24.3. The van der Waals surface area contributed by atoms with E-state index in [1.165, 1.54) is 31.7 Å². The lowest BCUT2D eigenvalue weighted by Gasteiger charge is -2.36. The van der Waals surface area contributed by atoms with E-state index in [4.69, 9.17) is 14.2 Å². The van der Waals surface area contributed by atoms with E-state index < -0.39 is 129 Å². The normalized spacial score (nSPS) is 29.0. The minimum atomic E-state index is -4.31. The molecule has 4 fully saturated rings. The van der Waals surface area contributed by atoms with Crippen LogP contribution in [0.2, 0.25) is 0 Å². The Hall–Kier alpha value is -5.27. The van der Waals surface area contributed by atoms with Gasteiger partial charge in [-0.3, -0.25) is 19.1 Å². The second-order valence-corrected chi connectivity index (χ2v) is 22.1. The molecule has 4 amide bonds. The van der Waals surface area contributed by atoms with Gasteiger partial charge in [0.25, 0.3) is 11.8 Å². The number of aromatic nitrogens is 2. The predicted octanol–water partition coefficient (Wildman–Crippen LogP) is 6.95. The van der Waals surface area contributed by atoms with Gasteiger partial charge in [0.05, 0.1) is 35.4 Å². The van der Waals surface area contributed by atoms with Gasteiger partial charge < -0.3 is 29.7 Å². The van der Waals surface area contributed by atoms with E-state index in [1.807, 2.05) is 22.9 Å². The van der Waals surface area contributed by atoms with E-state index in [0.29, 0.717) is 25.0 Å². The summed E-state index contributed by atoms with van der Waals surface area (Å²) in [6.07, 6.45) is -4.91. The monoisotopic (exact) mass is 960 g/mol. The molecule has 20 heteroatoms. The molecule has 67 heavy (non-hydrogen) atoms. The van der Waals surface area contributed by atoms with Crippen molar-refractivity contribution >= 4 is 44.9 Å². The lowest BCUT2D eigenvalue weighted by Crippen LogP contribution is -2.61. The molecule has 2 bridgehead atoms. The summed E-state index contributed by atoms with van der Waals surface area (Å²) in [5, 5.41) is 5.06. The van der Waals surface area contributed by atoms with Gasteiger partial charge >= 0.3 is 6.09 Å². The van der Waals surface area contributed by atoms with Crippen LogP contribution < -0.4 is 24.8 Å². The van der Waals surface area contributed by atoms with Crippen molar-refractivity contribution in [2.24, 2.45) is 23.2 Å². The molecule has 3 aromatic rings. The lowest BCUT2D eigenvalue weighted by atomic mass is 9.85. The second-order valence-electron chi connectivity index (χ2n) is 19.9. The third kappa shape index (κ3) is 10.6. The average molecular weight is 961 g/mol. The fourth-order valence-electron chi connectivity index (χ4n) is 8.97.